The summed E-state index contributed by atoms with van der Waals surface area (Å²) in [7, 11) is 0. The molecule has 1 atom stereocenters. The van der Waals surface area contributed by atoms with Crippen LogP contribution in [0.2, 0.25) is 0 Å². The van der Waals surface area contributed by atoms with Gasteiger partial charge in [0.1, 0.15) is 5.65 Å². The summed E-state index contributed by atoms with van der Waals surface area (Å²) in [4.78, 5) is 27.2. The third kappa shape index (κ3) is 3.59. The molecule has 3 aromatic rings. The van der Waals surface area contributed by atoms with Gasteiger partial charge in [-0.05, 0) is 30.5 Å². The molecule has 1 fully saturated rings. The Morgan fingerprint density at radius 3 is 3.07 bits per heavy atom. The number of pyridine rings is 1. The Hall–Kier alpha value is -2.70. The molecule has 0 bridgehead atoms. The molecule has 7 nitrogen and oxygen atoms in total. The molecule has 0 spiro atoms. The van der Waals surface area contributed by atoms with Crippen LogP contribution < -0.4 is 0 Å². The van der Waals surface area contributed by atoms with E-state index in [0.29, 0.717) is 18.1 Å². The van der Waals surface area contributed by atoms with Gasteiger partial charge in [0.25, 0.3) is 0 Å². The topological polar surface area (TPSA) is 87.9 Å². The van der Waals surface area contributed by atoms with Crippen LogP contribution in [-0.2, 0) is 11.2 Å². The molecular weight excluding hydrogens is 342 g/mol. The second-order valence-corrected chi connectivity index (χ2v) is 7.49. The van der Waals surface area contributed by atoms with Crippen LogP contribution in [0.4, 0.5) is 0 Å². The molecule has 4 rings (SSSR count). The third-order valence-electron chi connectivity index (χ3n) is 5.20. The molecule has 4 heterocycles. The zero-order valence-corrected chi connectivity index (χ0v) is 15.8. The number of fused-ring (bicyclic) bond motifs is 1. The molecule has 7 heteroatoms. The monoisotopic (exact) mass is 367 g/mol. The molecule has 1 aliphatic heterocycles. The van der Waals surface area contributed by atoms with Gasteiger partial charge >= 0.3 is 0 Å². The highest BCUT2D eigenvalue weighted by Crippen LogP contribution is 2.30. The fourth-order valence-electron chi connectivity index (χ4n) is 3.72. The van der Waals surface area contributed by atoms with Crippen LogP contribution in [0.25, 0.3) is 11.0 Å². The van der Waals surface area contributed by atoms with Gasteiger partial charge in [0.15, 0.2) is 5.82 Å². The number of aromatic nitrogens is 4. The summed E-state index contributed by atoms with van der Waals surface area (Å²) in [6.07, 6.45) is 8.04. The number of rotatable bonds is 4. The van der Waals surface area contributed by atoms with Crippen molar-refractivity contribution in [3.8, 4) is 0 Å². The van der Waals surface area contributed by atoms with E-state index < -0.39 is 0 Å². The van der Waals surface area contributed by atoms with Crippen LogP contribution in [0.15, 0.2) is 29.0 Å². The molecule has 1 amide bonds. The first-order valence-corrected chi connectivity index (χ1v) is 9.67. The standard InChI is InChI=1S/C20H25N5O2/c1-13(2)20-23-19(24-27-20)16-8-4-3-5-10-25(16)17(26)11-14-12-22-18-15(14)7-6-9-21-18/h6-7,9,12-13,16H,3-5,8,10-11H2,1-2H3,(H,21,22)/t16-/m1/s1. The Morgan fingerprint density at radius 1 is 1.37 bits per heavy atom. The van der Waals surface area contributed by atoms with Crippen LogP contribution in [0, 0.1) is 0 Å². The number of hydrogen-bond acceptors (Lipinski definition) is 5. The number of carbonyl (C=O) groups excluding carboxylic acids is 1. The summed E-state index contributed by atoms with van der Waals surface area (Å²) in [5.74, 6) is 1.54. The van der Waals surface area contributed by atoms with Gasteiger partial charge in [-0.2, -0.15) is 4.98 Å². The molecule has 3 aromatic heterocycles. The molecule has 1 N–H and O–H groups in total. The van der Waals surface area contributed by atoms with Crippen molar-refractivity contribution in [3.05, 3.63) is 41.8 Å². The maximum absolute atomic E-state index is 13.2. The molecule has 0 saturated carbocycles. The minimum absolute atomic E-state index is 0.0996. The first-order valence-electron chi connectivity index (χ1n) is 9.67. The molecule has 0 radical (unpaired) electrons. The highest BCUT2D eigenvalue weighted by Gasteiger charge is 2.31. The maximum atomic E-state index is 13.2. The molecule has 27 heavy (non-hydrogen) atoms. The average Bonchev–Trinajstić information content (AvgIpc) is 3.23. The van der Waals surface area contributed by atoms with Crippen LogP contribution in [0.3, 0.4) is 0 Å². The summed E-state index contributed by atoms with van der Waals surface area (Å²) >= 11 is 0. The lowest BCUT2D eigenvalue weighted by molar-refractivity contribution is -0.133. The van der Waals surface area contributed by atoms with Crippen LogP contribution in [-0.4, -0.2) is 37.5 Å². The molecule has 0 aliphatic carbocycles. The number of carbonyl (C=O) groups is 1. The van der Waals surface area contributed by atoms with Crippen molar-refractivity contribution in [2.45, 2.75) is 57.9 Å². The van der Waals surface area contributed by atoms with Crippen LogP contribution >= 0.6 is 0 Å². The Labute approximate surface area is 158 Å². The van der Waals surface area contributed by atoms with Crippen molar-refractivity contribution < 1.29 is 9.32 Å². The number of aromatic amines is 1. The van der Waals surface area contributed by atoms with E-state index in [1.807, 2.05) is 37.1 Å². The van der Waals surface area contributed by atoms with Crippen molar-refractivity contribution in [3.63, 3.8) is 0 Å². The highest BCUT2D eigenvalue weighted by molar-refractivity contribution is 5.87. The lowest BCUT2D eigenvalue weighted by Gasteiger charge is -2.27. The van der Waals surface area contributed by atoms with Crippen molar-refractivity contribution in [2.24, 2.45) is 0 Å². The van der Waals surface area contributed by atoms with Gasteiger partial charge in [0, 0.05) is 30.2 Å². The average molecular weight is 367 g/mol. The summed E-state index contributed by atoms with van der Waals surface area (Å²) in [6, 6.07) is 3.78. The fourth-order valence-corrected chi connectivity index (χ4v) is 3.72. The summed E-state index contributed by atoms with van der Waals surface area (Å²) in [5.41, 5.74) is 1.79. The Bertz CT molecular complexity index is 929. The molecule has 0 unspecified atom stereocenters. The van der Waals surface area contributed by atoms with E-state index in [1.165, 1.54) is 0 Å². The van der Waals surface area contributed by atoms with Crippen LogP contribution in [0.1, 0.15) is 68.8 Å². The van der Waals surface area contributed by atoms with E-state index in [-0.39, 0.29) is 17.9 Å². The minimum atomic E-state index is -0.111. The van der Waals surface area contributed by atoms with Gasteiger partial charge in [-0.15, -0.1) is 0 Å². The van der Waals surface area contributed by atoms with E-state index in [0.717, 1.165) is 48.8 Å². The SMILES string of the molecule is CC(C)c1nc([C@H]2CCCCCN2C(=O)Cc2c[nH]c3ncccc23)no1. The molecule has 1 aliphatic rings. The van der Waals surface area contributed by atoms with Gasteiger partial charge in [0.05, 0.1) is 12.5 Å². The molecule has 142 valence electrons. The smallest absolute Gasteiger partial charge is 0.229 e. The second kappa shape index (κ2) is 7.50. The number of H-pyrrole nitrogens is 1. The molecular formula is C20H25N5O2. The fraction of sp³-hybridized carbons (Fsp3) is 0.500. The van der Waals surface area contributed by atoms with Crippen molar-refractivity contribution >= 4 is 16.9 Å². The maximum Gasteiger partial charge on any atom is 0.229 e. The summed E-state index contributed by atoms with van der Waals surface area (Å²) in [5, 5.41) is 5.19. The predicted octanol–water partition coefficient (Wildman–Crippen LogP) is 3.76. The van der Waals surface area contributed by atoms with E-state index in [2.05, 4.69) is 20.1 Å². The van der Waals surface area contributed by atoms with Gasteiger partial charge < -0.3 is 14.4 Å². The van der Waals surface area contributed by atoms with Gasteiger partial charge in [-0.1, -0.05) is 31.8 Å². The van der Waals surface area contributed by atoms with Crippen molar-refractivity contribution in [1.82, 2.24) is 25.0 Å². The molecule has 1 saturated heterocycles. The van der Waals surface area contributed by atoms with E-state index in [4.69, 9.17) is 4.52 Å². The number of nitrogens with zero attached hydrogens (tertiary/aromatic N) is 4. The van der Waals surface area contributed by atoms with E-state index in [1.54, 1.807) is 6.20 Å². The molecule has 0 aromatic carbocycles. The Morgan fingerprint density at radius 2 is 2.26 bits per heavy atom. The van der Waals surface area contributed by atoms with Gasteiger partial charge in [-0.3, -0.25) is 4.79 Å². The number of likely N-dealkylation sites (tertiary alicyclic amines) is 1. The normalized spacial score (nSPS) is 18.2. The zero-order chi connectivity index (χ0) is 18.8. The van der Waals surface area contributed by atoms with Crippen molar-refractivity contribution in [1.29, 1.82) is 0 Å². The quantitative estimate of drug-likeness (QED) is 0.758. The lowest BCUT2D eigenvalue weighted by atomic mass is 10.1. The summed E-state index contributed by atoms with van der Waals surface area (Å²) < 4.78 is 5.40. The van der Waals surface area contributed by atoms with Crippen molar-refractivity contribution in [2.75, 3.05) is 6.54 Å². The van der Waals surface area contributed by atoms with Crippen LogP contribution in [0.5, 0.6) is 0 Å². The van der Waals surface area contributed by atoms with E-state index >= 15 is 0 Å². The Kier molecular flexibility index (Phi) is 4.92. The Balaban J connectivity index is 1.58. The third-order valence-corrected chi connectivity index (χ3v) is 5.20. The number of amides is 1. The number of hydrogen-bond donors (Lipinski definition) is 1. The largest absolute Gasteiger partial charge is 0.346 e. The van der Waals surface area contributed by atoms with Gasteiger partial charge in [0.2, 0.25) is 11.8 Å². The lowest BCUT2D eigenvalue weighted by Crippen LogP contribution is -2.36. The predicted molar refractivity (Wildman–Crippen MR) is 101 cm³/mol. The zero-order valence-electron chi connectivity index (χ0n) is 15.8. The van der Waals surface area contributed by atoms with Gasteiger partial charge in [-0.25, -0.2) is 4.98 Å². The first-order chi connectivity index (χ1) is 13.1. The summed E-state index contributed by atoms with van der Waals surface area (Å²) in [6.45, 7) is 4.78. The first kappa shape index (κ1) is 17.7. The highest BCUT2D eigenvalue weighted by atomic mass is 16.5. The second-order valence-electron chi connectivity index (χ2n) is 7.49. The number of nitrogens with one attached hydrogen (secondary N) is 1. The van der Waals surface area contributed by atoms with E-state index in [9.17, 15) is 4.79 Å². The minimum Gasteiger partial charge on any atom is -0.346 e.